The second-order valence-corrected chi connectivity index (χ2v) is 7.03. The number of halogens is 2. The Morgan fingerprint density at radius 2 is 1.84 bits per heavy atom. The normalized spacial score (nSPS) is 19.6. The largest absolute Gasteiger partial charge is 0.338 e. The van der Waals surface area contributed by atoms with E-state index in [1.165, 1.54) is 12.1 Å². The highest BCUT2D eigenvalue weighted by atomic mass is 19.1. The molecule has 2 fully saturated rings. The fraction of sp³-hybridized carbons (Fsp3) is 0.556. The van der Waals surface area contributed by atoms with Gasteiger partial charge in [0.05, 0.1) is 0 Å². The number of likely N-dealkylation sites (tertiary alicyclic amines) is 2. The molecule has 1 aromatic rings. The van der Waals surface area contributed by atoms with Gasteiger partial charge in [-0.2, -0.15) is 0 Å². The van der Waals surface area contributed by atoms with Gasteiger partial charge < -0.3 is 15.1 Å². The number of rotatable bonds is 3. The molecule has 136 valence electrons. The molecule has 5 nitrogen and oxygen atoms in total. The van der Waals surface area contributed by atoms with Crippen LogP contribution in [-0.4, -0.2) is 47.9 Å². The van der Waals surface area contributed by atoms with Crippen LogP contribution in [0.1, 0.15) is 31.7 Å². The number of hydrogen-bond donors (Lipinski definition) is 1. The first-order valence-corrected chi connectivity index (χ1v) is 8.66. The molecule has 7 heteroatoms. The molecule has 0 aliphatic carbocycles. The van der Waals surface area contributed by atoms with Crippen LogP contribution in [-0.2, 0) is 11.3 Å². The number of nitrogens with one attached hydrogen (secondary N) is 1. The van der Waals surface area contributed by atoms with Gasteiger partial charge in [-0.1, -0.05) is 0 Å². The molecule has 0 saturated carbocycles. The van der Waals surface area contributed by atoms with Gasteiger partial charge in [0.2, 0.25) is 5.91 Å². The molecule has 2 saturated heterocycles. The topological polar surface area (TPSA) is 52.7 Å². The average Bonchev–Trinajstić information content (AvgIpc) is 2.82. The smallest absolute Gasteiger partial charge is 0.317 e. The van der Waals surface area contributed by atoms with Crippen molar-refractivity contribution in [2.45, 2.75) is 32.7 Å². The lowest BCUT2D eigenvalue weighted by atomic mass is 9.77. The number of amides is 3. The van der Waals surface area contributed by atoms with Crippen LogP contribution in [0.15, 0.2) is 18.2 Å². The van der Waals surface area contributed by atoms with E-state index in [0.29, 0.717) is 38.2 Å². The van der Waals surface area contributed by atoms with E-state index >= 15 is 0 Å². The highest BCUT2D eigenvalue weighted by Gasteiger charge is 2.45. The first-order chi connectivity index (χ1) is 11.9. The fourth-order valence-electron chi connectivity index (χ4n) is 3.83. The second kappa shape index (κ2) is 6.98. The zero-order valence-corrected chi connectivity index (χ0v) is 14.4. The van der Waals surface area contributed by atoms with Crippen molar-refractivity contribution in [2.24, 2.45) is 5.41 Å². The molecule has 2 heterocycles. The van der Waals surface area contributed by atoms with Crippen molar-refractivity contribution in [3.05, 3.63) is 35.4 Å². The van der Waals surface area contributed by atoms with Crippen LogP contribution in [0, 0.1) is 17.0 Å². The molecule has 2 aliphatic heterocycles. The van der Waals surface area contributed by atoms with Crippen molar-refractivity contribution in [3.63, 3.8) is 0 Å². The Morgan fingerprint density at radius 1 is 1.20 bits per heavy atom. The summed E-state index contributed by atoms with van der Waals surface area (Å²) in [6.45, 7) is 4.52. The quantitative estimate of drug-likeness (QED) is 0.910. The Hall–Kier alpha value is -2.18. The number of piperidine rings is 1. The first-order valence-electron chi connectivity index (χ1n) is 8.66. The van der Waals surface area contributed by atoms with E-state index in [9.17, 15) is 18.4 Å². The highest BCUT2D eigenvalue weighted by molar-refractivity contribution is 5.80. The number of hydrogen-bond acceptors (Lipinski definition) is 2. The van der Waals surface area contributed by atoms with Gasteiger partial charge in [-0.15, -0.1) is 0 Å². The minimum Gasteiger partial charge on any atom is -0.338 e. The van der Waals surface area contributed by atoms with Crippen LogP contribution in [0.3, 0.4) is 0 Å². The molecule has 0 bridgehead atoms. The molecule has 1 spiro atoms. The molecule has 0 atom stereocenters. The number of urea groups is 1. The Morgan fingerprint density at radius 3 is 2.44 bits per heavy atom. The summed E-state index contributed by atoms with van der Waals surface area (Å²) in [7, 11) is 0. The van der Waals surface area contributed by atoms with E-state index in [1.807, 2.05) is 6.92 Å². The second-order valence-electron chi connectivity index (χ2n) is 7.03. The van der Waals surface area contributed by atoms with Crippen LogP contribution in [0.4, 0.5) is 13.6 Å². The summed E-state index contributed by atoms with van der Waals surface area (Å²) in [6.07, 6.45) is 1.97. The van der Waals surface area contributed by atoms with Crippen molar-refractivity contribution in [2.75, 3.05) is 26.2 Å². The summed E-state index contributed by atoms with van der Waals surface area (Å²) in [5.41, 5.74) is 0.328. The molecule has 25 heavy (non-hydrogen) atoms. The number of benzene rings is 1. The molecule has 1 aromatic carbocycles. The van der Waals surface area contributed by atoms with Crippen LogP contribution in [0.25, 0.3) is 0 Å². The Bertz CT molecular complexity index is 652. The van der Waals surface area contributed by atoms with Crippen LogP contribution in [0.5, 0.6) is 0 Å². The molecule has 1 N–H and O–H groups in total. The van der Waals surface area contributed by atoms with Gasteiger partial charge in [0, 0.05) is 50.6 Å². The van der Waals surface area contributed by atoms with E-state index in [1.54, 1.807) is 9.80 Å². The van der Waals surface area contributed by atoms with E-state index in [0.717, 1.165) is 18.9 Å². The Labute approximate surface area is 146 Å². The standard InChI is InChI=1S/C18H23F2N3O2/c1-2-21-17(25)22-5-3-18(4-6-22)10-16(24)23(12-18)11-13-7-14(19)9-15(20)8-13/h7-9H,2-6,10-12H2,1H3,(H,21,25). The lowest BCUT2D eigenvalue weighted by Crippen LogP contribution is -2.48. The number of carbonyl (C=O) groups is 2. The number of carbonyl (C=O) groups excluding carboxylic acids is 2. The molecule has 0 aromatic heterocycles. The third-order valence-corrected chi connectivity index (χ3v) is 5.14. The predicted molar refractivity (Wildman–Crippen MR) is 88.7 cm³/mol. The zero-order chi connectivity index (χ0) is 18.0. The summed E-state index contributed by atoms with van der Waals surface area (Å²) in [4.78, 5) is 27.7. The SMILES string of the molecule is CCNC(=O)N1CCC2(CC1)CC(=O)N(Cc1cc(F)cc(F)c1)C2. The summed E-state index contributed by atoms with van der Waals surface area (Å²) in [5.74, 6) is -1.26. The maximum Gasteiger partial charge on any atom is 0.317 e. The van der Waals surface area contributed by atoms with Gasteiger partial charge in [0.1, 0.15) is 11.6 Å². The average molecular weight is 351 g/mol. The first kappa shape index (κ1) is 17.6. The minimum absolute atomic E-state index is 0.0103. The maximum absolute atomic E-state index is 13.3. The van der Waals surface area contributed by atoms with Crippen molar-refractivity contribution in [1.82, 2.24) is 15.1 Å². The lowest BCUT2D eigenvalue weighted by Gasteiger charge is -2.38. The van der Waals surface area contributed by atoms with Gasteiger partial charge in [0.25, 0.3) is 0 Å². The van der Waals surface area contributed by atoms with Gasteiger partial charge in [0.15, 0.2) is 0 Å². The van der Waals surface area contributed by atoms with Gasteiger partial charge in [-0.25, -0.2) is 13.6 Å². The number of nitrogens with zero attached hydrogens (tertiary/aromatic N) is 2. The van der Waals surface area contributed by atoms with Gasteiger partial charge >= 0.3 is 6.03 Å². The molecular weight excluding hydrogens is 328 g/mol. The zero-order valence-electron chi connectivity index (χ0n) is 14.4. The van der Waals surface area contributed by atoms with Crippen molar-refractivity contribution in [3.8, 4) is 0 Å². The van der Waals surface area contributed by atoms with E-state index in [2.05, 4.69) is 5.32 Å². The minimum atomic E-state index is -0.633. The van der Waals surface area contributed by atoms with E-state index in [4.69, 9.17) is 0 Å². The molecule has 3 amide bonds. The molecular formula is C18H23F2N3O2. The summed E-state index contributed by atoms with van der Waals surface area (Å²) < 4.78 is 26.7. The fourth-order valence-corrected chi connectivity index (χ4v) is 3.83. The molecule has 0 unspecified atom stereocenters. The maximum atomic E-state index is 13.3. The summed E-state index contributed by atoms with van der Waals surface area (Å²) in [6, 6.07) is 3.29. The Balaban J connectivity index is 1.62. The van der Waals surface area contributed by atoms with E-state index in [-0.39, 0.29) is 23.9 Å². The van der Waals surface area contributed by atoms with Crippen molar-refractivity contribution >= 4 is 11.9 Å². The molecule has 3 rings (SSSR count). The third kappa shape index (κ3) is 3.91. The summed E-state index contributed by atoms with van der Waals surface area (Å²) in [5, 5.41) is 2.79. The van der Waals surface area contributed by atoms with Gasteiger partial charge in [-0.05, 0) is 37.5 Å². The lowest BCUT2D eigenvalue weighted by molar-refractivity contribution is -0.128. The molecule has 2 aliphatic rings. The third-order valence-electron chi connectivity index (χ3n) is 5.14. The van der Waals surface area contributed by atoms with Crippen LogP contribution in [0.2, 0.25) is 0 Å². The van der Waals surface area contributed by atoms with Crippen molar-refractivity contribution in [1.29, 1.82) is 0 Å². The summed E-state index contributed by atoms with van der Waals surface area (Å²) >= 11 is 0. The molecule has 0 radical (unpaired) electrons. The monoisotopic (exact) mass is 351 g/mol. The predicted octanol–water partition coefficient (Wildman–Crippen LogP) is 2.51. The van der Waals surface area contributed by atoms with Crippen molar-refractivity contribution < 1.29 is 18.4 Å². The highest BCUT2D eigenvalue weighted by Crippen LogP contribution is 2.41. The van der Waals surface area contributed by atoms with Crippen LogP contribution >= 0.6 is 0 Å². The van der Waals surface area contributed by atoms with Gasteiger partial charge in [-0.3, -0.25) is 4.79 Å². The van der Waals surface area contributed by atoms with E-state index < -0.39 is 11.6 Å². The Kier molecular flexibility index (Phi) is 4.92. The van der Waals surface area contributed by atoms with Crippen LogP contribution < -0.4 is 5.32 Å².